The molecule has 0 atom stereocenters. The Morgan fingerprint density at radius 2 is 1.90 bits per heavy atom. The topological polar surface area (TPSA) is 87.2 Å². The maximum Gasteiger partial charge on any atom is 0.191 e. The van der Waals surface area contributed by atoms with Crippen molar-refractivity contribution in [3.05, 3.63) is 59.4 Å². The molecule has 1 heterocycles. The molecule has 3 aromatic rings. The molecule has 0 radical (unpaired) electrons. The lowest BCUT2D eigenvalue weighted by Gasteiger charge is -2.13. The molecule has 2 aromatic carbocycles. The molecule has 1 aromatic heterocycles. The van der Waals surface area contributed by atoms with Crippen molar-refractivity contribution < 1.29 is 4.74 Å². The largest absolute Gasteiger partial charge is 0.497 e. The number of hydrogen-bond acceptors (Lipinski definition) is 5. The second-order valence-corrected chi connectivity index (χ2v) is 7.28. The van der Waals surface area contributed by atoms with E-state index >= 15 is 0 Å². The third-order valence-corrected chi connectivity index (χ3v) is 5.24. The van der Waals surface area contributed by atoms with Crippen LogP contribution in [0.1, 0.15) is 17.0 Å². The first-order valence-corrected chi connectivity index (χ1v) is 10.5. The standard InChI is InChI=1S/C21H26N6OS/c1-14-5-6-16(18(11-14)29-4)12-23-21(22-2)24-13-19-25-20(27-26-19)15-7-9-17(28-3)10-8-15/h5-11H,12-13H2,1-4H3,(H2,22,23,24)(H,25,26,27). The Labute approximate surface area is 175 Å². The predicted octanol–water partition coefficient (Wildman–Crippen LogP) is 3.38. The van der Waals surface area contributed by atoms with Gasteiger partial charge in [-0.1, -0.05) is 12.1 Å². The van der Waals surface area contributed by atoms with Gasteiger partial charge in [0.1, 0.15) is 11.6 Å². The molecule has 0 saturated carbocycles. The number of guanidine groups is 1. The summed E-state index contributed by atoms with van der Waals surface area (Å²) in [5, 5.41) is 13.9. The molecule has 152 valence electrons. The number of aromatic nitrogens is 3. The van der Waals surface area contributed by atoms with Crippen molar-refractivity contribution in [2.75, 3.05) is 20.4 Å². The van der Waals surface area contributed by atoms with Crippen molar-refractivity contribution in [2.24, 2.45) is 4.99 Å². The van der Waals surface area contributed by atoms with Crippen LogP contribution in [0.5, 0.6) is 5.75 Å². The van der Waals surface area contributed by atoms with Gasteiger partial charge in [0, 0.05) is 24.1 Å². The van der Waals surface area contributed by atoms with Gasteiger partial charge in [0.05, 0.1) is 13.7 Å². The molecule has 0 fully saturated rings. The SMILES string of the molecule is CN=C(NCc1nc(-c2ccc(OC)cc2)n[nH]1)NCc1ccc(C)cc1SC. The molecule has 29 heavy (non-hydrogen) atoms. The Morgan fingerprint density at radius 3 is 2.59 bits per heavy atom. The van der Waals surface area contributed by atoms with Crippen LogP contribution in [-0.4, -0.2) is 41.6 Å². The number of rotatable bonds is 7. The lowest BCUT2D eigenvalue weighted by molar-refractivity contribution is 0.415. The fourth-order valence-corrected chi connectivity index (χ4v) is 3.51. The molecule has 3 N–H and O–H groups in total. The minimum absolute atomic E-state index is 0.492. The molecule has 0 amide bonds. The number of nitrogens with one attached hydrogen (secondary N) is 3. The number of aryl methyl sites for hydroxylation is 1. The molecule has 8 heteroatoms. The molecular formula is C21H26N6OS. The van der Waals surface area contributed by atoms with Crippen molar-refractivity contribution in [3.63, 3.8) is 0 Å². The molecule has 7 nitrogen and oxygen atoms in total. The smallest absolute Gasteiger partial charge is 0.191 e. The second-order valence-electron chi connectivity index (χ2n) is 6.43. The normalized spacial score (nSPS) is 11.4. The van der Waals surface area contributed by atoms with Gasteiger partial charge in [0.2, 0.25) is 0 Å². The molecule has 0 bridgehead atoms. The highest BCUT2D eigenvalue weighted by atomic mass is 32.2. The Morgan fingerprint density at radius 1 is 1.14 bits per heavy atom. The van der Waals surface area contributed by atoms with Gasteiger partial charge in [0.25, 0.3) is 0 Å². The Balaban J connectivity index is 1.56. The van der Waals surface area contributed by atoms with Crippen LogP contribution < -0.4 is 15.4 Å². The van der Waals surface area contributed by atoms with Gasteiger partial charge in [-0.25, -0.2) is 4.98 Å². The van der Waals surface area contributed by atoms with Crippen LogP contribution >= 0.6 is 11.8 Å². The van der Waals surface area contributed by atoms with E-state index in [4.69, 9.17) is 4.74 Å². The summed E-state index contributed by atoms with van der Waals surface area (Å²) in [7, 11) is 3.40. The lowest BCUT2D eigenvalue weighted by atomic mass is 10.1. The predicted molar refractivity (Wildman–Crippen MR) is 118 cm³/mol. The summed E-state index contributed by atoms with van der Waals surface area (Å²) in [5.41, 5.74) is 3.44. The summed E-state index contributed by atoms with van der Waals surface area (Å²) in [6.45, 7) is 3.30. The number of nitrogens with zero attached hydrogens (tertiary/aromatic N) is 3. The van der Waals surface area contributed by atoms with Gasteiger partial charge < -0.3 is 15.4 Å². The first kappa shape index (κ1) is 20.7. The monoisotopic (exact) mass is 410 g/mol. The highest BCUT2D eigenvalue weighted by Crippen LogP contribution is 2.21. The first-order valence-electron chi connectivity index (χ1n) is 9.26. The number of aromatic amines is 1. The van der Waals surface area contributed by atoms with E-state index in [-0.39, 0.29) is 0 Å². The van der Waals surface area contributed by atoms with E-state index in [1.807, 2.05) is 24.3 Å². The lowest BCUT2D eigenvalue weighted by Crippen LogP contribution is -2.36. The van der Waals surface area contributed by atoms with Crippen LogP contribution in [0.2, 0.25) is 0 Å². The van der Waals surface area contributed by atoms with Crippen LogP contribution in [-0.2, 0) is 13.1 Å². The van der Waals surface area contributed by atoms with E-state index < -0.39 is 0 Å². The summed E-state index contributed by atoms with van der Waals surface area (Å²) >= 11 is 1.75. The zero-order valence-corrected chi connectivity index (χ0v) is 17.9. The number of thioether (sulfide) groups is 1. The summed E-state index contributed by atoms with van der Waals surface area (Å²) in [4.78, 5) is 10.1. The van der Waals surface area contributed by atoms with E-state index in [9.17, 15) is 0 Å². The average molecular weight is 411 g/mol. The van der Waals surface area contributed by atoms with E-state index in [1.54, 1.807) is 25.9 Å². The maximum absolute atomic E-state index is 5.18. The van der Waals surface area contributed by atoms with Gasteiger partial charge in [0.15, 0.2) is 11.8 Å². The van der Waals surface area contributed by atoms with Gasteiger partial charge in [-0.05, 0) is 54.6 Å². The fraction of sp³-hybridized carbons (Fsp3) is 0.286. The van der Waals surface area contributed by atoms with Crippen LogP contribution in [0.4, 0.5) is 0 Å². The molecule has 0 aliphatic carbocycles. The van der Waals surface area contributed by atoms with Gasteiger partial charge >= 0.3 is 0 Å². The van der Waals surface area contributed by atoms with Crippen LogP contribution in [0.15, 0.2) is 52.4 Å². The third kappa shape index (κ3) is 5.51. The number of ether oxygens (including phenoxy) is 1. The zero-order valence-electron chi connectivity index (χ0n) is 17.1. The molecule has 0 aliphatic rings. The summed E-state index contributed by atoms with van der Waals surface area (Å²) in [6, 6.07) is 14.1. The van der Waals surface area contributed by atoms with Gasteiger partial charge in [-0.2, -0.15) is 5.10 Å². The van der Waals surface area contributed by atoms with Crippen LogP contribution in [0.25, 0.3) is 11.4 Å². The second kappa shape index (κ2) is 9.97. The maximum atomic E-state index is 5.18. The number of methoxy groups -OCH3 is 1. The van der Waals surface area contributed by atoms with Crippen LogP contribution in [0, 0.1) is 6.92 Å². The van der Waals surface area contributed by atoms with Gasteiger partial charge in [-0.3, -0.25) is 10.1 Å². The minimum Gasteiger partial charge on any atom is -0.497 e. The summed E-state index contributed by atoms with van der Waals surface area (Å²) in [6.07, 6.45) is 2.09. The van der Waals surface area contributed by atoms with Crippen molar-refractivity contribution >= 4 is 17.7 Å². The van der Waals surface area contributed by atoms with E-state index in [0.717, 1.165) is 17.1 Å². The first-order chi connectivity index (χ1) is 14.1. The van der Waals surface area contributed by atoms with E-state index in [2.05, 4.69) is 62.2 Å². The number of H-pyrrole nitrogens is 1. The molecule has 0 spiro atoms. The van der Waals surface area contributed by atoms with Crippen molar-refractivity contribution in [2.45, 2.75) is 24.9 Å². The van der Waals surface area contributed by atoms with E-state index in [0.29, 0.717) is 24.9 Å². The van der Waals surface area contributed by atoms with Crippen molar-refractivity contribution in [3.8, 4) is 17.1 Å². The van der Waals surface area contributed by atoms with Crippen LogP contribution in [0.3, 0.4) is 0 Å². The Hall–Kier alpha value is -3.00. The summed E-state index contributed by atoms with van der Waals surface area (Å²) in [5.74, 6) is 2.90. The average Bonchev–Trinajstić information content (AvgIpc) is 3.23. The molecular weight excluding hydrogens is 384 g/mol. The van der Waals surface area contributed by atoms with Crippen molar-refractivity contribution in [1.82, 2.24) is 25.8 Å². The number of aliphatic imine (C=N–C) groups is 1. The highest BCUT2D eigenvalue weighted by molar-refractivity contribution is 7.98. The zero-order chi connectivity index (χ0) is 20.6. The van der Waals surface area contributed by atoms with E-state index in [1.165, 1.54) is 16.0 Å². The van der Waals surface area contributed by atoms with Crippen molar-refractivity contribution in [1.29, 1.82) is 0 Å². The Bertz CT molecular complexity index is 968. The molecule has 0 aliphatic heterocycles. The highest BCUT2D eigenvalue weighted by Gasteiger charge is 2.08. The number of hydrogen-bond donors (Lipinski definition) is 3. The summed E-state index contributed by atoms with van der Waals surface area (Å²) < 4.78 is 5.18. The number of benzene rings is 2. The molecule has 0 saturated heterocycles. The molecule has 3 rings (SSSR count). The third-order valence-electron chi connectivity index (χ3n) is 4.42. The molecule has 0 unspecified atom stereocenters. The van der Waals surface area contributed by atoms with Gasteiger partial charge in [-0.15, -0.1) is 11.8 Å². The fourth-order valence-electron chi connectivity index (χ4n) is 2.81. The quantitative estimate of drug-likeness (QED) is 0.314. The minimum atomic E-state index is 0.492. The Kier molecular flexibility index (Phi) is 7.13.